The molecule has 0 radical (unpaired) electrons. The van der Waals surface area contributed by atoms with Crippen LogP contribution in [0, 0.1) is 18.3 Å². The quantitative estimate of drug-likeness (QED) is 0.838. The van der Waals surface area contributed by atoms with Crippen LogP contribution in [0.3, 0.4) is 0 Å². The van der Waals surface area contributed by atoms with E-state index in [0.29, 0.717) is 6.42 Å². The van der Waals surface area contributed by atoms with Crippen molar-refractivity contribution in [3.05, 3.63) is 29.3 Å². The molecule has 1 N–H and O–H groups in total. The Morgan fingerprint density at radius 1 is 1.56 bits per heavy atom. The molecular weight excluding hydrogens is 200 g/mol. The Labute approximate surface area is 96.0 Å². The standard InChI is InChI=1S/C13H16N2O/c1-10-2-3-13(11(8-10)4-6-14)16-12-5-7-15-9-12/h2-3,8,12,15H,4-5,7,9H2,1H3. The van der Waals surface area contributed by atoms with Crippen LogP contribution in [0.2, 0.25) is 0 Å². The van der Waals surface area contributed by atoms with E-state index < -0.39 is 0 Å². The molecule has 0 aromatic heterocycles. The number of ether oxygens (including phenoxy) is 1. The molecule has 1 unspecified atom stereocenters. The van der Waals surface area contributed by atoms with Crippen LogP contribution in [0.15, 0.2) is 18.2 Å². The van der Waals surface area contributed by atoms with Gasteiger partial charge in [-0.15, -0.1) is 0 Å². The Morgan fingerprint density at radius 3 is 3.12 bits per heavy atom. The van der Waals surface area contributed by atoms with Gasteiger partial charge in [0.15, 0.2) is 0 Å². The number of nitrogens with zero attached hydrogens (tertiary/aromatic N) is 1. The summed E-state index contributed by atoms with van der Waals surface area (Å²) in [6.45, 7) is 3.95. The molecule has 1 aliphatic heterocycles. The third kappa shape index (κ3) is 2.53. The zero-order valence-corrected chi connectivity index (χ0v) is 9.49. The lowest BCUT2D eigenvalue weighted by Crippen LogP contribution is -2.20. The molecule has 1 heterocycles. The van der Waals surface area contributed by atoms with Crippen molar-refractivity contribution in [2.45, 2.75) is 25.9 Å². The molecule has 16 heavy (non-hydrogen) atoms. The Morgan fingerprint density at radius 2 is 2.44 bits per heavy atom. The number of benzene rings is 1. The summed E-state index contributed by atoms with van der Waals surface area (Å²) in [5, 5.41) is 12.0. The van der Waals surface area contributed by atoms with E-state index in [4.69, 9.17) is 10.00 Å². The largest absolute Gasteiger partial charge is 0.489 e. The van der Waals surface area contributed by atoms with Crippen LogP contribution in [0.4, 0.5) is 0 Å². The number of hydrogen-bond acceptors (Lipinski definition) is 3. The summed E-state index contributed by atoms with van der Waals surface area (Å²) >= 11 is 0. The van der Waals surface area contributed by atoms with Crippen LogP contribution in [0.25, 0.3) is 0 Å². The van der Waals surface area contributed by atoms with Crippen molar-refractivity contribution in [1.29, 1.82) is 5.26 Å². The maximum atomic E-state index is 8.78. The lowest BCUT2D eigenvalue weighted by atomic mass is 10.1. The average molecular weight is 216 g/mol. The van der Waals surface area contributed by atoms with E-state index >= 15 is 0 Å². The van der Waals surface area contributed by atoms with Crippen LogP contribution in [0.5, 0.6) is 5.75 Å². The minimum Gasteiger partial charge on any atom is -0.489 e. The fraction of sp³-hybridized carbons (Fsp3) is 0.462. The van der Waals surface area contributed by atoms with E-state index in [1.165, 1.54) is 5.56 Å². The van der Waals surface area contributed by atoms with Crippen LogP contribution in [-0.4, -0.2) is 19.2 Å². The highest BCUT2D eigenvalue weighted by Crippen LogP contribution is 2.22. The molecule has 0 bridgehead atoms. The van der Waals surface area contributed by atoms with E-state index in [1.807, 2.05) is 25.1 Å². The van der Waals surface area contributed by atoms with E-state index in [1.54, 1.807) is 0 Å². The molecule has 1 saturated heterocycles. The first kappa shape index (κ1) is 11.0. The van der Waals surface area contributed by atoms with Crippen molar-refractivity contribution in [1.82, 2.24) is 5.32 Å². The first-order valence-corrected chi connectivity index (χ1v) is 5.63. The van der Waals surface area contributed by atoms with E-state index in [-0.39, 0.29) is 6.10 Å². The number of nitrogens with one attached hydrogen (secondary N) is 1. The predicted molar refractivity (Wildman–Crippen MR) is 62.4 cm³/mol. The molecule has 0 saturated carbocycles. The van der Waals surface area contributed by atoms with Crippen molar-refractivity contribution in [2.24, 2.45) is 0 Å². The summed E-state index contributed by atoms with van der Waals surface area (Å²) in [6.07, 6.45) is 1.71. The van der Waals surface area contributed by atoms with Gasteiger partial charge in [-0.1, -0.05) is 17.7 Å². The second kappa shape index (κ2) is 5.00. The number of rotatable bonds is 3. The monoisotopic (exact) mass is 216 g/mol. The maximum absolute atomic E-state index is 8.78. The molecular formula is C13H16N2O. The van der Waals surface area contributed by atoms with Gasteiger partial charge in [0.05, 0.1) is 12.5 Å². The second-order valence-corrected chi connectivity index (χ2v) is 4.18. The topological polar surface area (TPSA) is 45.0 Å². The highest BCUT2D eigenvalue weighted by Gasteiger charge is 2.17. The van der Waals surface area contributed by atoms with Gasteiger partial charge in [-0.3, -0.25) is 0 Å². The summed E-state index contributed by atoms with van der Waals surface area (Å²) < 4.78 is 5.90. The van der Waals surface area contributed by atoms with Gasteiger partial charge in [0.1, 0.15) is 11.9 Å². The minimum atomic E-state index is 0.250. The molecule has 1 atom stereocenters. The molecule has 1 aliphatic rings. The molecule has 84 valence electrons. The molecule has 2 rings (SSSR count). The van der Waals surface area contributed by atoms with Crippen LogP contribution in [0.1, 0.15) is 17.5 Å². The summed E-state index contributed by atoms with van der Waals surface area (Å²) in [4.78, 5) is 0. The van der Waals surface area contributed by atoms with Crippen LogP contribution < -0.4 is 10.1 Å². The Kier molecular flexibility index (Phi) is 3.43. The number of aryl methyl sites for hydroxylation is 1. The molecule has 0 aliphatic carbocycles. The average Bonchev–Trinajstić information content (AvgIpc) is 2.75. The van der Waals surface area contributed by atoms with Crippen molar-refractivity contribution in [2.75, 3.05) is 13.1 Å². The maximum Gasteiger partial charge on any atom is 0.124 e. The lowest BCUT2D eigenvalue weighted by molar-refractivity contribution is 0.221. The van der Waals surface area contributed by atoms with Gasteiger partial charge in [0.25, 0.3) is 0 Å². The molecule has 3 heteroatoms. The molecule has 3 nitrogen and oxygen atoms in total. The summed E-state index contributed by atoms with van der Waals surface area (Å²) in [7, 11) is 0. The Hall–Kier alpha value is -1.53. The van der Waals surface area contributed by atoms with Crippen LogP contribution >= 0.6 is 0 Å². The molecule has 1 aromatic carbocycles. The number of hydrogen-bond donors (Lipinski definition) is 1. The van der Waals surface area contributed by atoms with Crippen molar-refractivity contribution in [3.8, 4) is 11.8 Å². The summed E-state index contributed by atoms with van der Waals surface area (Å²) in [5.41, 5.74) is 2.16. The van der Waals surface area contributed by atoms with Gasteiger partial charge in [-0.05, 0) is 26.0 Å². The lowest BCUT2D eigenvalue weighted by Gasteiger charge is -2.15. The van der Waals surface area contributed by atoms with Crippen molar-refractivity contribution >= 4 is 0 Å². The smallest absolute Gasteiger partial charge is 0.124 e. The zero-order valence-electron chi connectivity index (χ0n) is 9.49. The van der Waals surface area contributed by atoms with Gasteiger partial charge in [-0.25, -0.2) is 0 Å². The second-order valence-electron chi connectivity index (χ2n) is 4.18. The van der Waals surface area contributed by atoms with Crippen LogP contribution in [-0.2, 0) is 6.42 Å². The number of nitriles is 1. The molecule has 1 aromatic rings. The third-order valence-corrected chi connectivity index (χ3v) is 2.79. The zero-order chi connectivity index (χ0) is 11.4. The van der Waals surface area contributed by atoms with Gasteiger partial charge < -0.3 is 10.1 Å². The van der Waals surface area contributed by atoms with Crippen molar-refractivity contribution in [3.63, 3.8) is 0 Å². The van der Waals surface area contributed by atoms with Gasteiger partial charge >= 0.3 is 0 Å². The molecule has 1 fully saturated rings. The fourth-order valence-corrected chi connectivity index (χ4v) is 1.95. The predicted octanol–water partition coefficient (Wildman–Crippen LogP) is 1.80. The van der Waals surface area contributed by atoms with Gasteiger partial charge in [0.2, 0.25) is 0 Å². The normalized spacial score (nSPS) is 19.4. The first-order valence-electron chi connectivity index (χ1n) is 5.63. The third-order valence-electron chi connectivity index (χ3n) is 2.79. The van der Waals surface area contributed by atoms with E-state index in [0.717, 1.165) is 30.8 Å². The minimum absolute atomic E-state index is 0.250. The SMILES string of the molecule is Cc1ccc(OC2CCNC2)c(CC#N)c1. The van der Waals surface area contributed by atoms with Crippen molar-refractivity contribution < 1.29 is 4.74 Å². The van der Waals surface area contributed by atoms with E-state index in [2.05, 4.69) is 11.4 Å². The Balaban J connectivity index is 2.15. The van der Waals surface area contributed by atoms with Gasteiger partial charge in [-0.2, -0.15) is 5.26 Å². The summed E-state index contributed by atoms with van der Waals surface area (Å²) in [5.74, 6) is 0.862. The fourth-order valence-electron chi connectivity index (χ4n) is 1.95. The highest BCUT2D eigenvalue weighted by molar-refractivity contribution is 5.38. The van der Waals surface area contributed by atoms with Gasteiger partial charge in [0, 0.05) is 12.1 Å². The first-order chi connectivity index (χ1) is 7.79. The highest BCUT2D eigenvalue weighted by atomic mass is 16.5. The van der Waals surface area contributed by atoms with E-state index in [9.17, 15) is 0 Å². The summed E-state index contributed by atoms with van der Waals surface area (Å²) in [6, 6.07) is 8.21. The molecule has 0 spiro atoms. The Bertz CT molecular complexity index is 403. The molecule has 0 amide bonds.